The number of esters is 1. The van der Waals surface area contributed by atoms with E-state index in [1.54, 1.807) is 0 Å². The van der Waals surface area contributed by atoms with Crippen LogP contribution < -0.4 is 5.73 Å². The topological polar surface area (TPSA) is 117 Å². The Kier molecular flexibility index (Phi) is 41.9. The average Bonchev–Trinajstić information content (AvgIpc) is 3.17. The molecule has 2 unspecified atom stereocenters. The van der Waals surface area contributed by atoms with Crippen molar-refractivity contribution in [2.45, 2.75) is 193 Å². The van der Waals surface area contributed by atoms with Gasteiger partial charge in [-0.25, -0.2) is 4.57 Å². The van der Waals surface area contributed by atoms with Crippen LogP contribution in [-0.2, 0) is 27.9 Å². The van der Waals surface area contributed by atoms with E-state index in [0.29, 0.717) is 13.0 Å². The van der Waals surface area contributed by atoms with E-state index in [9.17, 15) is 14.3 Å². The Morgan fingerprint density at radius 2 is 1.02 bits per heavy atom. The van der Waals surface area contributed by atoms with Crippen molar-refractivity contribution in [3.63, 3.8) is 0 Å². The SMILES string of the molecule is CC/C=C\C/C=C\C/C=C\C/C=C\C/C=C\CCCCCCCCCCOCC(COP(=O)(O)OCCN)OC(=O)CCCCCCCCCCCCCC. The molecule has 0 aliphatic heterocycles. The third kappa shape index (κ3) is 43.2. The van der Waals surface area contributed by atoms with Gasteiger partial charge in [-0.15, -0.1) is 0 Å². The Labute approximate surface area is 338 Å². The second-order valence-electron chi connectivity index (χ2n) is 14.5. The lowest BCUT2D eigenvalue weighted by atomic mass is 10.0. The van der Waals surface area contributed by atoms with E-state index in [1.807, 2.05) is 0 Å². The summed E-state index contributed by atoms with van der Waals surface area (Å²) < 4.78 is 33.4. The first-order valence-corrected chi connectivity index (χ1v) is 23.8. The number of carbonyl (C=O) groups excluding carboxylic acids is 1. The fraction of sp³-hybridized carbons (Fsp3) is 0.761. The van der Waals surface area contributed by atoms with Crippen LogP contribution in [0.15, 0.2) is 60.8 Å². The van der Waals surface area contributed by atoms with Crippen LogP contribution in [0.3, 0.4) is 0 Å². The standard InChI is InChI=1S/C46H84NO7P/c1-3-5-7-9-11-13-15-17-18-19-20-21-22-23-24-25-26-27-28-30-32-34-36-38-41-51-43-45(44-53-55(49,50)52-42-40-47)54-46(48)39-37-35-33-31-29-16-14-12-10-8-6-4-2/h5,7,11,13,17-18,20-21,23-24,45H,3-4,6,8-10,12,14-16,19,22,25-44,47H2,1-2H3,(H,49,50)/b7-5-,13-11-,18-17-,21-20-,24-23-. The van der Waals surface area contributed by atoms with E-state index in [0.717, 1.165) is 70.6 Å². The van der Waals surface area contributed by atoms with Gasteiger partial charge in [-0.05, 0) is 57.8 Å². The number of carbonyl (C=O) groups is 1. The fourth-order valence-corrected chi connectivity index (χ4v) is 6.73. The number of rotatable bonds is 42. The van der Waals surface area contributed by atoms with Gasteiger partial charge < -0.3 is 20.1 Å². The molecule has 0 aliphatic rings. The number of nitrogens with two attached hydrogens (primary N) is 1. The van der Waals surface area contributed by atoms with Crippen LogP contribution >= 0.6 is 7.82 Å². The highest BCUT2D eigenvalue weighted by atomic mass is 31.2. The zero-order valence-corrected chi connectivity index (χ0v) is 36.3. The molecule has 0 aromatic carbocycles. The third-order valence-corrected chi connectivity index (χ3v) is 10.2. The van der Waals surface area contributed by atoms with Crippen molar-refractivity contribution in [3.05, 3.63) is 60.8 Å². The van der Waals surface area contributed by atoms with Crippen molar-refractivity contribution in [1.29, 1.82) is 0 Å². The molecule has 0 aromatic heterocycles. The van der Waals surface area contributed by atoms with Gasteiger partial charge in [0.05, 0.1) is 19.8 Å². The number of unbranched alkanes of at least 4 members (excludes halogenated alkanes) is 19. The number of phosphoric acid groups is 1. The van der Waals surface area contributed by atoms with Gasteiger partial charge >= 0.3 is 13.8 Å². The maximum absolute atomic E-state index is 12.6. The first-order valence-electron chi connectivity index (χ1n) is 22.3. The number of hydrogen-bond donors (Lipinski definition) is 2. The molecule has 2 atom stereocenters. The summed E-state index contributed by atoms with van der Waals surface area (Å²) in [6.45, 7) is 4.79. The van der Waals surface area contributed by atoms with Gasteiger partial charge in [0.15, 0.2) is 0 Å². The predicted molar refractivity (Wildman–Crippen MR) is 233 cm³/mol. The summed E-state index contributed by atoms with van der Waals surface area (Å²) in [6, 6.07) is 0. The Morgan fingerprint density at radius 1 is 0.564 bits per heavy atom. The molecule has 0 radical (unpaired) electrons. The van der Waals surface area contributed by atoms with Crippen LogP contribution in [0.4, 0.5) is 0 Å². The fourth-order valence-electron chi connectivity index (χ4n) is 5.96. The lowest BCUT2D eigenvalue weighted by molar-refractivity contribution is -0.154. The van der Waals surface area contributed by atoms with E-state index in [4.69, 9.17) is 24.3 Å². The summed E-state index contributed by atoms with van der Waals surface area (Å²) in [5.74, 6) is -0.335. The van der Waals surface area contributed by atoms with Crippen LogP contribution in [0.5, 0.6) is 0 Å². The maximum Gasteiger partial charge on any atom is 0.472 e. The van der Waals surface area contributed by atoms with Crippen molar-refractivity contribution in [1.82, 2.24) is 0 Å². The molecule has 320 valence electrons. The molecule has 55 heavy (non-hydrogen) atoms. The molecular weight excluding hydrogens is 709 g/mol. The lowest BCUT2D eigenvalue weighted by Gasteiger charge is -2.20. The molecule has 9 heteroatoms. The van der Waals surface area contributed by atoms with Crippen molar-refractivity contribution in [2.24, 2.45) is 5.73 Å². The van der Waals surface area contributed by atoms with E-state index in [-0.39, 0.29) is 32.3 Å². The second kappa shape index (κ2) is 43.3. The minimum atomic E-state index is -4.28. The molecule has 0 saturated heterocycles. The Balaban J connectivity index is 3.99. The second-order valence-corrected chi connectivity index (χ2v) is 16.0. The molecule has 0 fully saturated rings. The minimum absolute atomic E-state index is 0.0975. The lowest BCUT2D eigenvalue weighted by Crippen LogP contribution is -2.28. The van der Waals surface area contributed by atoms with Gasteiger partial charge in [-0.2, -0.15) is 0 Å². The predicted octanol–water partition coefficient (Wildman–Crippen LogP) is 13.4. The smallest absolute Gasteiger partial charge is 0.457 e. The minimum Gasteiger partial charge on any atom is -0.457 e. The monoisotopic (exact) mass is 794 g/mol. The van der Waals surface area contributed by atoms with E-state index >= 15 is 0 Å². The summed E-state index contributed by atoms with van der Waals surface area (Å²) in [7, 11) is -4.28. The van der Waals surface area contributed by atoms with Crippen LogP contribution in [0.2, 0.25) is 0 Å². The zero-order valence-electron chi connectivity index (χ0n) is 35.4. The Morgan fingerprint density at radius 3 is 1.53 bits per heavy atom. The van der Waals surface area contributed by atoms with E-state index < -0.39 is 13.9 Å². The zero-order chi connectivity index (χ0) is 40.2. The highest BCUT2D eigenvalue weighted by Crippen LogP contribution is 2.43. The van der Waals surface area contributed by atoms with Crippen LogP contribution in [0, 0.1) is 0 Å². The highest BCUT2D eigenvalue weighted by Gasteiger charge is 2.25. The molecule has 0 amide bonds. The Hall–Kier alpha value is -1.80. The quantitative estimate of drug-likeness (QED) is 0.0271. The molecule has 0 aromatic rings. The van der Waals surface area contributed by atoms with Gasteiger partial charge in [0.1, 0.15) is 6.10 Å². The largest absolute Gasteiger partial charge is 0.472 e. The van der Waals surface area contributed by atoms with Crippen molar-refractivity contribution in [2.75, 3.05) is 33.0 Å². The number of allylic oxidation sites excluding steroid dienone is 10. The summed E-state index contributed by atoms with van der Waals surface area (Å²) in [4.78, 5) is 22.4. The first-order chi connectivity index (χ1) is 26.9. The molecular formula is C46H84NO7P. The third-order valence-electron chi connectivity index (χ3n) is 9.20. The van der Waals surface area contributed by atoms with Gasteiger partial charge in [-0.1, -0.05) is 184 Å². The molecule has 0 bridgehead atoms. The van der Waals surface area contributed by atoms with Crippen LogP contribution in [0.25, 0.3) is 0 Å². The average molecular weight is 794 g/mol. The van der Waals surface area contributed by atoms with E-state index in [1.165, 1.54) is 96.3 Å². The van der Waals surface area contributed by atoms with Crippen molar-refractivity contribution >= 4 is 13.8 Å². The molecule has 0 heterocycles. The molecule has 8 nitrogen and oxygen atoms in total. The normalized spacial score (nSPS) is 14.0. The van der Waals surface area contributed by atoms with Gasteiger partial charge in [0, 0.05) is 19.6 Å². The van der Waals surface area contributed by atoms with Gasteiger partial charge in [0.25, 0.3) is 0 Å². The molecule has 3 N–H and O–H groups in total. The number of ether oxygens (including phenoxy) is 2. The first kappa shape index (κ1) is 53.2. The summed E-state index contributed by atoms with van der Waals surface area (Å²) in [6.07, 6.45) is 52.4. The molecule has 0 rings (SSSR count). The Bertz CT molecular complexity index is 1030. The molecule has 0 saturated carbocycles. The van der Waals surface area contributed by atoms with E-state index in [2.05, 4.69) is 74.6 Å². The summed E-state index contributed by atoms with van der Waals surface area (Å²) >= 11 is 0. The van der Waals surface area contributed by atoms with Crippen LogP contribution in [0.1, 0.15) is 187 Å². The molecule has 0 spiro atoms. The van der Waals surface area contributed by atoms with Gasteiger partial charge in [0.2, 0.25) is 0 Å². The van der Waals surface area contributed by atoms with Gasteiger partial charge in [-0.3, -0.25) is 13.8 Å². The number of hydrogen-bond acceptors (Lipinski definition) is 7. The summed E-state index contributed by atoms with van der Waals surface area (Å²) in [5, 5.41) is 0. The van der Waals surface area contributed by atoms with Crippen molar-refractivity contribution in [3.8, 4) is 0 Å². The van der Waals surface area contributed by atoms with Crippen LogP contribution in [-0.4, -0.2) is 49.9 Å². The molecule has 0 aliphatic carbocycles. The van der Waals surface area contributed by atoms with Crippen molar-refractivity contribution < 1.29 is 32.8 Å². The maximum atomic E-state index is 12.6. The summed E-state index contributed by atoms with van der Waals surface area (Å²) in [5.41, 5.74) is 5.37. The number of phosphoric ester groups is 1. The highest BCUT2D eigenvalue weighted by molar-refractivity contribution is 7.47.